The number of likely N-dealkylation sites (tertiary alicyclic amines) is 1. The van der Waals surface area contributed by atoms with E-state index in [0.717, 1.165) is 24.3 Å². The summed E-state index contributed by atoms with van der Waals surface area (Å²) in [6, 6.07) is 7.53. The van der Waals surface area contributed by atoms with Crippen molar-refractivity contribution >= 4 is 29.3 Å². The topological polar surface area (TPSA) is 40.5 Å². The molecule has 0 radical (unpaired) electrons. The fourth-order valence-corrected chi connectivity index (χ4v) is 3.43. The molecule has 2 rings (SSSR count). The van der Waals surface area contributed by atoms with Gasteiger partial charge in [0.25, 0.3) is 0 Å². The second kappa shape index (κ2) is 6.64. The Morgan fingerprint density at radius 1 is 1.53 bits per heavy atom. The SMILES string of the molecule is CC(Sc1ccccc1Cl)C(=O)N1CCCC(O)C1. The lowest BCUT2D eigenvalue weighted by atomic mass is 10.1. The first kappa shape index (κ1) is 14.7. The summed E-state index contributed by atoms with van der Waals surface area (Å²) in [5.41, 5.74) is 0. The van der Waals surface area contributed by atoms with Gasteiger partial charge in [0, 0.05) is 18.0 Å². The van der Waals surface area contributed by atoms with E-state index >= 15 is 0 Å². The molecular weight excluding hydrogens is 282 g/mol. The number of hydrogen-bond acceptors (Lipinski definition) is 3. The molecule has 0 spiro atoms. The van der Waals surface area contributed by atoms with Crippen molar-refractivity contribution in [2.45, 2.75) is 36.0 Å². The summed E-state index contributed by atoms with van der Waals surface area (Å²) in [5, 5.41) is 10.1. The van der Waals surface area contributed by atoms with Crippen LogP contribution < -0.4 is 0 Å². The molecule has 0 saturated carbocycles. The third-order valence-electron chi connectivity index (χ3n) is 3.20. The van der Waals surface area contributed by atoms with Gasteiger partial charge >= 0.3 is 0 Å². The number of thioether (sulfide) groups is 1. The van der Waals surface area contributed by atoms with E-state index in [1.807, 2.05) is 31.2 Å². The van der Waals surface area contributed by atoms with Gasteiger partial charge in [0.05, 0.1) is 16.4 Å². The summed E-state index contributed by atoms with van der Waals surface area (Å²) < 4.78 is 0. The average molecular weight is 300 g/mol. The summed E-state index contributed by atoms with van der Waals surface area (Å²) >= 11 is 7.56. The Balaban J connectivity index is 1.97. The molecule has 1 aromatic carbocycles. The van der Waals surface area contributed by atoms with Crippen molar-refractivity contribution < 1.29 is 9.90 Å². The second-order valence-corrected chi connectivity index (χ2v) is 6.56. The third kappa shape index (κ3) is 3.88. The average Bonchev–Trinajstić information content (AvgIpc) is 2.40. The molecule has 1 N–H and O–H groups in total. The van der Waals surface area contributed by atoms with E-state index in [4.69, 9.17) is 11.6 Å². The minimum atomic E-state index is -0.379. The highest BCUT2D eigenvalue weighted by Crippen LogP contribution is 2.31. The molecular formula is C14H18ClNO2S. The first-order valence-corrected chi connectivity index (χ1v) is 7.71. The minimum absolute atomic E-state index is 0.0728. The maximum Gasteiger partial charge on any atom is 0.235 e. The normalized spacial score (nSPS) is 21.2. The number of rotatable bonds is 3. The highest BCUT2D eigenvalue weighted by atomic mass is 35.5. The van der Waals surface area contributed by atoms with Crippen LogP contribution in [0.2, 0.25) is 5.02 Å². The van der Waals surface area contributed by atoms with Crippen molar-refractivity contribution in [3.63, 3.8) is 0 Å². The lowest BCUT2D eigenvalue weighted by Crippen LogP contribution is -2.45. The molecule has 5 heteroatoms. The van der Waals surface area contributed by atoms with Gasteiger partial charge in [0.2, 0.25) is 5.91 Å². The lowest BCUT2D eigenvalue weighted by Gasteiger charge is -2.31. The zero-order chi connectivity index (χ0) is 13.8. The van der Waals surface area contributed by atoms with Crippen LogP contribution in [0.25, 0.3) is 0 Å². The minimum Gasteiger partial charge on any atom is -0.391 e. The number of halogens is 1. The van der Waals surface area contributed by atoms with Gasteiger partial charge in [-0.2, -0.15) is 0 Å². The van der Waals surface area contributed by atoms with Gasteiger partial charge in [-0.3, -0.25) is 4.79 Å². The van der Waals surface area contributed by atoms with Crippen LogP contribution in [-0.4, -0.2) is 40.4 Å². The Morgan fingerprint density at radius 3 is 2.95 bits per heavy atom. The van der Waals surface area contributed by atoms with Crippen LogP contribution >= 0.6 is 23.4 Å². The number of piperidine rings is 1. The highest BCUT2D eigenvalue weighted by Gasteiger charge is 2.26. The predicted octanol–water partition coefficient (Wildman–Crippen LogP) is 2.80. The van der Waals surface area contributed by atoms with E-state index in [1.165, 1.54) is 11.8 Å². The van der Waals surface area contributed by atoms with E-state index in [2.05, 4.69) is 0 Å². The Labute approximate surface area is 122 Å². The first-order valence-electron chi connectivity index (χ1n) is 6.46. The van der Waals surface area contributed by atoms with Gasteiger partial charge in [-0.15, -0.1) is 11.8 Å². The van der Waals surface area contributed by atoms with E-state index in [9.17, 15) is 9.90 Å². The number of benzene rings is 1. The standard InChI is InChI=1S/C14H18ClNO2S/c1-10(19-13-7-3-2-6-12(13)15)14(18)16-8-4-5-11(17)9-16/h2-3,6-7,10-11,17H,4-5,8-9H2,1H3. The summed E-state index contributed by atoms with van der Waals surface area (Å²) in [6.07, 6.45) is 1.28. The smallest absolute Gasteiger partial charge is 0.235 e. The van der Waals surface area contributed by atoms with Crippen molar-refractivity contribution in [1.29, 1.82) is 0 Å². The number of aliphatic hydroxyl groups is 1. The van der Waals surface area contributed by atoms with E-state index in [1.54, 1.807) is 4.90 Å². The Morgan fingerprint density at radius 2 is 2.26 bits per heavy atom. The van der Waals surface area contributed by atoms with Gasteiger partial charge in [-0.25, -0.2) is 0 Å². The third-order valence-corrected chi connectivity index (χ3v) is 4.80. The molecule has 19 heavy (non-hydrogen) atoms. The maximum atomic E-state index is 12.3. The number of carbonyl (C=O) groups is 1. The molecule has 0 bridgehead atoms. The molecule has 1 fully saturated rings. The number of aliphatic hydroxyl groups excluding tert-OH is 1. The predicted molar refractivity (Wildman–Crippen MR) is 78.6 cm³/mol. The Kier molecular flexibility index (Phi) is 5.13. The van der Waals surface area contributed by atoms with Crippen molar-refractivity contribution in [2.24, 2.45) is 0 Å². The molecule has 1 aliphatic rings. The molecule has 1 saturated heterocycles. The number of hydrogen-bond donors (Lipinski definition) is 1. The first-order chi connectivity index (χ1) is 9.08. The van der Waals surface area contributed by atoms with Gasteiger partial charge in [0.1, 0.15) is 0 Å². The second-order valence-electron chi connectivity index (χ2n) is 4.77. The van der Waals surface area contributed by atoms with Crippen molar-refractivity contribution in [3.05, 3.63) is 29.3 Å². The molecule has 0 aliphatic carbocycles. The van der Waals surface area contributed by atoms with Gasteiger partial charge in [0.15, 0.2) is 0 Å². The summed E-state index contributed by atoms with van der Waals surface area (Å²) in [7, 11) is 0. The summed E-state index contributed by atoms with van der Waals surface area (Å²) in [5.74, 6) is 0.0728. The molecule has 0 aromatic heterocycles. The maximum absolute atomic E-state index is 12.3. The fourth-order valence-electron chi connectivity index (χ4n) is 2.19. The van der Waals surface area contributed by atoms with E-state index < -0.39 is 0 Å². The molecule has 3 nitrogen and oxygen atoms in total. The van der Waals surface area contributed by atoms with Gasteiger partial charge < -0.3 is 10.0 Å². The van der Waals surface area contributed by atoms with Crippen LogP contribution in [0.15, 0.2) is 29.2 Å². The highest BCUT2D eigenvalue weighted by molar-refractivity contribution is 8.00. The Hall–Kier alpha value is -0.710. The monoisotopic (exact) mass is 299 g/mol. The molecule has 1 aromatic rings. The van der Waals surface area contributed by atoms with Gasteiger partial charge in [-0.05, 0) is 31.9 Å². The quantitative estimate of drug-likeness (QED) is 0.873. The molecule has 1 heterocycles. The number of amides is 1. The molecule has 2 unspecified atom stereocenters. The number of nitrogens with zero attached hydrogens (tertiary/aromatic N) is 1. The van der Waals surface area contributed by atoms with Crippen LogP contribution in [0.3, 0.4) is 0 Å². The molecule has 1 amide bonds. The van der Waals surface area contributed by atoms with Crippen LogP contribution in [0.5, 0.6) is 0 Å². The zero-order valence-electron chi connectivity index (χ0n) is 10.9. The van der Waals surface area contributed by atoms with Crippen LogP contribution in [0, 0.1) is 0 Å². The van der Waals surface area contributed by atoms with E-state index in [-0.39, 0.29) is 17.3 Å². The lowest BCUT2D eigenvalue weighted by molar-refractivity contribution is -0.133. The summed E-state index contributed by atoms with van der Waals surface area (Å²) in [4.78, 5) is 15.0. The molecule has 104 valence electrons. The van der Waals surface area contributed by atoms with Gasteiger partial charge in [-0.1, -0.05) is 23.7 Å². The van der Waals surface area contributed by atoms with Crippen molar-refractivity contribution in [2.75, 3.05) is 13.1 Å². The van der Waals surface area contributed by atoms with Crippen LogP contribution in [0.4, 0.5) is 0 Å². The fraction of sp³-hybridized carbons (Fsp3) is 0.500. The van der Waals surface area contributed by atoms with Crippen LogP contribution in [0.1, 0.15) is 19.8 Å². The summed E-state index contributed by atoms with van der Waals surface area (Å²) in [6.45, 7) is 3.08. The van der Waals surface area contributed by atoms with E-state index in [0.29, 0.717) is 11.6 Å². The molecule has 2 atom stereocenters. The zero-order valence-corrected chi connectivity index (χ0v) is 12.5. The van der Waals surface area contributed by atoms with Crippen molar-refractivity contribution in [1.82, 2.24) is 4.90 Å². The number of carbonyl (C=O) groups excluding carboxylic acids is 1. The van der Waals surface area contributed by atoms with Crippen LogP contribution in [-0.2, 0) is 4.79 Å². The number of β-amino-alcohol motifs (C(OH)–C–C–N with tert-alkyl or cyclic N) is 1. The largest absolute Gasteiger partial charge is 0.391 e. The Bertz CT molecular complexity index is 455. The van der Waals surface area contributed by atoms with Crippen molar-refractivity contribution in [3.8, 4) is 0 Å². The molecule has 1 aliphatic heterocycles.